The number of benzene rings is 1. The summed E-state index contributed by atoms with van der Waals surface area (Å²) in [5.74, 6) is -0.274. The molecule has 190 valence electrons. The lowest BCUT2D eigenvalue weighted by Gasteiger charge is -2.46. The number of nitrogens with two attached hydrogens (primary N) is 1. The van der Waals surface area contributed by atoms with Crippen LogP contribution in [0.4, 0.5) is 8.78 Å². The van der Waals surface area contributed by atoms with Gasteiger partial charge in [-0.25, -0.2) is 13.8 Å². The van der Waals surface area contributed by atoms with Gasteiger partial charge in [0.1, 0.15) is 36.9 Å². The van der Waals surface area contributed by atoms with Crippen LogP contribution in [0.3, 0.4) is 0 Å². The Bertz CT molecular complexity index is 1030. The van der Waals surface area contributed by atoms with Gasteiger partial charge in [-0.3, -0.25) is 4.79 Å². The molecule has 1 aromatic carbocycles. The highest BCUT2D eigenvalue weighted by atomic mass is 19.1. The molecule has 35 heavy (non-hydrogen) atoms. The molecular formula is C24H31F2N5O4. The highest BCUT2D eigenvalue weighted by molar-refractivity contribution is 6.04. The molecule has 4 heterocycles. The number of oxime groups is 1. The van der Waals surface area contributed by atoms with Gasteiger partial charge >= 0.3 is 0 Å². The normalized spacial score (nSPS) is 26.6. The number of ether oxygens (including phenoxy) is 2. The molecule has 0 radical (unpaired) electrons. The van der Waals surface area contributed by atoms with E-state index in [0.717, 1.165) is 0 Å². The van der Waals surface area contributed by atoms with E-state index in [9.17, 15) is 9.18 Å². The lowest BCUT2D eigenvalue weighted by Crippen LogP contribution is -2.58. The average Bonchev–Trinajstić information content (AvgIpc) is 3.26. The van der Waals surface area contributed by atoms with Crippen molar-refractivity contribution in [3.63, 3.8) is 0 Å². The molecule has 1 unspecified atom stereocenters. The summed E-state index contributed by atoms with van der Waals surface area (Å²) < 4.78 is 41.0. The molecule has 4 aliphatic heterocycles. The third-order valence-electron chi connectivity index (χ3n) is 7.47. The molecule has 1 amide bonds. The van der Waals surface area contributed by atoms with Crippen molar-refractivity contribution in [1.29, 1.82) is 0 Å². The molecule has 2 saturated heterocycles. The largest absolute Gasteiger partial charge is 0.486 e. The van der Waals surface area contributed by atoms with Crippen LogP contribution in [0.5, 0.6) is 5.75 Å². The number of carbonyl (C=O) groups excluding carboxylic acids is 1. The highest BCUT2D eigenvalue weighted by Crippen LogP contribution is 2.41. The maximum absolute atomic E-state index is 15.7. The van der Waals surface area contributed by atoms with Gasteiger partial charge in [-0.15, -0.1) is 0 Å². The number of amidine groups is 1. The zero-order chi connectivity index (χ0) is 24.6. The van der Waals surface area contributed by atoms with Crippen LogP contribution >= 0.6 is 0 Å². The molecule has 1 spiro atoms. The minimum absolute atomic E-state index is 0.0419. The second-order valence-corrected chi connectivity index (χ2v) is 9.81. The summed E-state index contributed by atoms with van der Waals surface area (Å²) in [6.07, 6.45) is 1.80. The summed E-state index contributed by atoms with van der Waals surface area (Å²) in [7, 11) is 1.45. The van der Waals surface area contributed by atoms with E-state index in [-0.39, 0.29) is 30.7 Å². The Hall–Kier alpha value is -2.95. The number of rotatable bonds is 4. The number of hydrogen-bond donors (Lipinski definition) is 1. The zero-order valence-corrected chi connectivity index (χ0v) is 19.8. The number of likely N-dealkylation sites (tertiary alicyclic amines) is 2. The summed E-state index contributed by atoms with van der Waals surface area (Å²) in [6, 6.07) is 4.48. The number of aliphatic imine (C=N–C) groups is 1. The Morgan fingerprint density at radius 1 is 1.26 bits per heavy atom. The summed E-state index contributed by atoms with van der Waals surface area (Å²) >= 11 is 0. The van der Waals surface area contributed by atoms with E-state index in [4.69, 9.17) is 20.0 Å². The first-order chi connectivity index (χ1) is 16.8. The first-order valence-electron chi connectivity index (χ1n) is 12.0. The molecule has 1 aromatic rings. The number of halogens is 2. The summed E-state index contributed by atoms with van der Waals surface area (Å²) in [5, 5.41) is 4.10. The van der Waals surface area contributed by atoms with Gasteiger partial charge in [0.2, 0.25) is 0 Å². The number of amides is 1. The van der Waals surface area contributed by atoms with E-state index in [1.807, 2.05) is 0 Å². The quantitative estimate of drug-likeness (QED) is 0.645. The number of alkyl halides is 1. The van der Waals surface area contributed by atoms with Gasteiger partial charge in [0.15, 0.2) is 5.67 Å². The van der Waals surface area contributed by atoms with Crippen molar-refractivity contribution in [2.45, 2.75) is 49.4 Å². The van der Waals surface area contributed by atoms with Crippen molar-refractivity contribution in [2.75, 3.05) is 46.4 Å². The second kappa shape index (κ2) is 9.25. The maximum atomic E-state index is 15.7. The van der Waals surface area contributed by atoms with Crippen LogP contribution in [0.1, 0.15) is 37.7 Å². The van der Waals surface area contributed by atoms with Crippen LogP contribution in [0.25, 0.3) is 0 Å². The average molecular weight is 492 g/mol. The molecule has 5 rings (SSSR count). The fraction of sp³-hybridized carbons (Fsp3) is 0.625. The van der Waals surface area contributed by atoms with Crippen molar-refractivity contribution in [2.24, 2.45) is 15.9 Å². The fourth-order valence-electron chi connectivity index (χ4n) is 5.49. The van der Waals surface area contributed by atoms with Gasteiger partial charge in [-0.05, 0) is 18.2 Å². The molecule has 0 aliphatic carbocycles. The second-order valence-electron chi connectivity index (χ2n) is 9.81. The fourth-order valence-corrected chi connectivity index (χ4v) is 5.49. The van der Waals surface area contributed by atoms with E-state index in [1.54, 1.807) is 11.0 Å². The third kappa shape index (κ3) is 4.78. The van der Waals surface area contributed by atoms with Crippen molar-refractivity contribution in [3.05, 3.63) is 29.6 Å². The SMILES string of the molecule is CO/N=C1\CC2(CCN(C(=O)C3(F)CCN(CC4COC(N)=N4)CC3)CC2)Oc2ccc(F)cc21. The van der Waals surface area contributed by atoms with Gasteiger partial charge < -0.3 is 29.8 Å². The number of nitrogens with zero attached hydrogens (tertiary/aromatic N) is 4. The van der Waals surface area contributed by atoms with Crippen molar-refractivity contribution >= 4 is 17.6 Å². The molecule has 0 saturated carbocycles. The predicted octanol–water partition coefficient (Wildman–Crippen LogP) is 1.84. The standard InChI is InChI=1S/C24H31F2N5O4/c1-33-29-19-13-23(35-20-3-2-16(25)12-18(19)20)4-10-31(11-5-23)21(32)24(26)6-8-30(9-7-24)14-17-15-34-22(27)28-17/h2-3,12,17H,4-11,13-15H2,1H3,(H2,27,28)/b29-19+. The lowest BCUT2D eigenvalue weighted by atomic mass is 9.81. The Morgan fingerprint density at radius 3 is 2.66 bits per heavy atom. The molecule has 0 aromatic heterocycles. The van der Waals surface area contributed by atoms with E-state index in [1.165, 1.54) is 19.2 Å². The summed E-state index contributed by atoms with van der Waals surface area (Å²) in [4.78, 5) is 26.1. The molecular weight excluding hydrogens is 460 g/mol. The smallest absolute Gasteiger partial charge is 0.282 e. The summed E-state index contributed by atoms with van der Waals surface area (Å²) in [5.41, 5.74) is 4.30. The molecule has 2 fully saturated rings. The Balaban J connectivity index is 1.19. The molecule has 4 aliphatic rings. The molecule has 2 N–H and O–H groups in total. The van der Waals surface area contributed by atoms with Crippen LogP contribution in [0.15, 0.2) is 28.3 Å². The van der Waals surface area contributed by atoms with Crippen LogP contribution in [0.2, 0.25) is 0 Å². The predicted molar refractivity (Wildman–Crippen MR) is 125 cm³/mol. The first kappa shape index (κ1) is 23.8. The van der Waals surface area contributed by atoms with Crippen molar-refractivity contribution in [1.82, 2.24) is 9.80 Å². The van der Waals surface area contributed by atoms with Gasteiger partial charge in [0, 0.05) is 70.4 Å². The van der Waals surface area contributed by atoms with Crippen LogP contribution in [-0.4, -0.2) is 91.2 Å². The molecule has 1 atom stereocenters. The van der Waals surface area contributed by atoms with E-state index in [0.29, 0.717) is 75.6 Å². The number of piperidine rings is 2. The number of carbonyl (C=O) groups is 1. The first-order valence-corrected chi connectivity index (χ1v) is 12.0. The van der Waals surface area contributed by atoms with Crippen LogP contribution < -0.4 is 10.5 Å². The van der Waals surface area contributed by atoms with Gasteiger partial charge in [0.05, 0.1) is 5.71 Å². The molecule has 9 nitrogen and oxygen atoms in total. The summed E-state index contributed by atoms with van der Waals surface area (Å²) in [6.45, 7) is 2.83. The van der Waals surface area contributed by atoms with Crippen LogP contribution in [-0.2, 0) is 14.4 Å². The van der Waals surface area contributed by atoms with E-state index < -0.39 is 17.2 Å². The van der Waals surface area contributed by atoms with Gasteiger partial charge in [-0.1, -0.05) is 5.16 Å². The maximum Gasteiger partial charge on any atom is 0.282 e. The highest BCUT2D eigenvalue weighted by Gasteiger charge is 2.48. The Kier molecular flexibility index (Phi) is 6.29. The topological polar surface area (TPSA) is 102 Å². The van der Waals surface area contributed by atoms with Gasteiger partial charge in [0.25, 0.3) is 11.9 Å². The van der Waals surface area contributed by atoms with E-state index >= 15 is 4.39 Å². The monoisotopic (exact) mass is 491 g/mol. The molecule has 11 heteroatoms. The minimum atomic E-state index is -1.87. The molecule has 0 bridgehead atoms. The third-order valence-corrected chi connectivity index (χ3v) is 7.47. The Labute approximate surface area is 202 Å². The van der Waals surface area contributed by atoms with Crippen LogP contribution in [0, 0.1) is 5.82 Å². The Morgan fingerprint density at radius 2 is 2.00 bits per heavy atom. The minimum Gasteiger partial charge on any atom is -0.486 e. The van der Waals surface area contributed by atoms with Crippen molar-refractivity contribution < 1.29 is 27.9 Å². The van der Waals surface area contributed by atoms with E-state index in [2.05, 4.69) is 15.0 Å². The van der Waals surface area contributed by atoms with Gasteiger partial charge in [-0.2, -0.15) is 0 Å². The van der Waals surface area contributed by atoms with Crippen molar-refractivity contribution in [3.8, 4) is 5.75 Å². The lowest BCUT2D eigenvalue weighted by molar-refractivity contribution is -0.151. The zero-order valence-electron chi connectivity index (χ0n) is 19.8. The number of fused-ring (bicyclic) bond motifs is 1. The number of hydrogen-bond acceptors (Lipinski definition) is 8.